The summed E-state index contributed by atoms with van der Waals surface area (Å²) in [4.78, 5) is 10.1. The summed E-state index contributed by atoms with van der Waals surface area (Å²) in [6.07, 6.45) is 14.6. The first kappa shape index (κ1) is 17.4. The molecule has 0 aliphatic heterocycles. The molecular formula is C20H23NO. The van der Waals surface area contributed by atoms with Crippen LogP contribution in [-0.4, -0.2) is 6.41 Å². The average molecular weight is 293 g/mol. The molecule has 2 heteroatoms. The molecule has 0 aliphatic carbocycles. The van der Waals surface area contributed by atoms with E-state index in [0.29, 0.717) is 12.3 Å². The van der Waals surface area contributed by atoms with Crippen molar-refractivity contribution in [3.8, 4) is 0 Å². The van der Waals surface area contributed by atoms with Crippen LogP contribution in [0, 0.1) is 5.92 Å². The first-order valence-electron chi connectivity index (χ1n) is 7.28. The van der Waals surface area contributed by atoms with Gasteiger partial charge in [0, 0.05) is 6.20 Å². The van der Waals surface area contributed by atoms with Crippen LogP contribution in [0.1, 0.15) is 18.1 Å². The Kier molecular flexibility index (Phi) is 8.06. The van der Waals surface area contributed by atoms with E-state index in [1.165, 1.54) is 5.56 Å². The van der Waals surface area contributed by atoms with Gasteiger partial charge in [-0.15, -0.1) is 0 Å². The standard InChI is InChI=1S/C20H23NO/c1-4-9-19(5-2)20-12-8-11-18(15-20)14-17(3)10-6-7-13-21-16-22/h4-13,15-17H,1-2,14H2,3H3,(H,21,22)/b10-6-,13-7-,19-9+. The highest BCUT2D eigenvalue weighted by atomic mass is 16.1. The predicted molar refractivity (Wildman–Crippen MR) is 95.2 cm³/mol. The van der Waals surface area contributed by atoms with E-state index >= 15 is 0 Å². The van der Waals surface area contributed by atoms with Gasteiger partial charge < -0.3 is 5.32 Å². The summed E-state index contributed by atoms with van der Waals surface area (Å²) in [5.74, 6) is 0.409. The largest absolute Gasteiger partial charge is 0.335 e. The molecule has 0 heterocycles. The molecule has 0 fully saturated rings. The Bertz CT molecular complexity index is 593. The first-order chi connectivity index (χ1) is 10.7. The second-order valence-electron chi connectivity index (χ2n) is 4.97. The van der Waals surface area contributed by atoms with Crippen molar-refractivity contribution in [3.05, 3.63) is 91.2 Å². The molecule has 114 valence electrons. The molecule has 0 aliphatic rings. The number of nitrogens with one attached hydrogen (secondary N) is 1. The fourth-order valence-corrected chi connectivity index (χ4v) is 2.13. The second-order valence-corrected chi connectivity index (χ2v) is 4.97. The zero-order valence-corrected chi connectivity index (χ0v) is 13.0. The Labute approximate surface area is 133 Å². The Morgan fingerprint density at radius 3 is 2.82 bits per heavy atom. The molecule has 22 heavy (non-hydrogen) atoms. The van der Waals surface area contributed by atoms with Crippen LogP contribution in [0.3, 0.4) is 0 Å². The summed E-state index contributed by atoms with van der Waals surface area (Å²) in [6, 6.07) is 8.46. The fraction of sp³-hybridized carbons (Fsp3) is 0.150. The molecule has 1 rings (SSSR count). The minimum Gasteiger partial charge on any atom is -0.335 e. The van der Waals surface area contributed by atoms with Crippen molar-refractivity contribution in [2.24, 2.45) is 5.92 Å². The van der Waals surface area contributed by atoms with Gasteiger partial charge in [0.05, 0.1) is 0 Å². The van der Waals surface area contributed by atoms with Crippen LogP contribution >= 0.6 is 0 Å². The zero-order chi connectivity index (χ0) is 16.2. The topological polar surface area (TPSA) is 29.1 Å². The third-order valence-electron chi connectivity index (χ3n) is 3.15. The van der Waals surface area contributed by atoms with Gasteiger partial charge in [-0.25, -0.2) is 0 Å². The van der Waals surface area contributed by atoms with E-state index in [0.717, 1.165) is 17.6 Å². The van der Waals surface area contributed by atoms with Gasteiger partial charge in [-0.05, 0) is 35.1 Å². The second kappa shape index (κ2) is 10.2. The molecule has 0 radical (unpaired) electrons. The van der Waals surface area contributed by atoms with Crippen LogP contribution in [-0.2, 0) is 11.2 Å². The minimum absolute atomic E-state index is 0.409. The Morgan fingerprint density at radius 2 is 2.14 bits per heavy atom. The van der Waals surface area contributed by atoms with Gasteiger partial charge in [-0.1, -0.05) is 74.7 Å². The van der Waals surface area contributed by atoms with Crippen molar-refractivity contribution < 1.29 is 4.79 Å². The lowest BCUT2D eigenvalue weighted by Crippen LogP contribution is -1.98. The van der Waals surface area contributed by atoms with Gasteiger partial charge in [0.25, 0.3) is 0 Å². The highest BCUT2D eigenvalue weighted by Crippen LogP contribution is 2.19. The van der Waals surface area contributed by atoms with Crippen molar-refractivity contribution >= 4 is 12.0 Å². The van der Waals surface area contributed by atoms with Gasteiger partial charge in [0.15, 0.2) is 0 Å². The maximum Gasteiger partial charge on any atom is 0.211 e. The van der Waals surface area contributed by atoms with E-state index in [1.54, 1.807) is 12.3 Å². The van der Waals surface area contributed by atoms with E-state index in [-0.39, 0.29) is 0 Å². The lowest BCUT2D eigenvalue weighted by atomic mass is 9.96. The molecular weight excluding hydrogens is 270 g/mol. The maximum atomic E-state index is 10.1. The first-order valence-corrected chi connectivity index (χ1v) is 7.28. The quantitative estimate of drug-likeness (QED) is 0.529. The molecule has 0 saturated carbocycles. The van der Waals surface area contributed by atoms with Crippen molar-refractivity contribution in [2.75, 3.05) is 0 Å². The number of hydrogen-bond acceptors (Lipinski definition) is 1. The van der Waals surface area contributed by atoms with Crippen LogP contribution in [0.25, 0.3) is 5.57 Å². The molecule has 1 aromatic rings. The van der Waals surface area contributed by atoms with Crippen LogP contribution in [0.2, 0.25) is 0 Å². The number of hydrogen-bond donors (Lipinski definition) is 1. The predicted octanol–water partition coefficient (Wildman–Crippen LogP) is 4.44. The lowest BCUT2D eigenvalue weighted by molar-refractivity contribution is -0.108. The van der Waals surface area contributed by atoms with E-state index in [4.69, 9.17) is 0 Å². The third-order valence-corrected chi connectivity index (χ3v) is 3.15. The minimum atomic E-state index is 0.409. The summed E-state index contributed by atoms with van der Waals surface area (Å²) in [7, 11) is 0. The Morgan fingerprint density at radius 1 is 1.32 bits per heavy atom. The van der Waals surface area contributed by atoms with Gasteiger partial charge >= 0.3 is 0 Å². The lowest BCUT2D eigenvalue weighted by Gasteiger charge is -2.09. The maximum absolute atomic E-state index is 10.1. The molecule has 0 saturated heterocycles. The average Bonchev–Trinajstić information content (AvgIpc) is 2.52. The number of carbonyl (C=O) groups excluding carboxylic acids is 1. The van der Waals surface area contributed by atoms with Crippen LogP contribution < -0.4 is 5.32 Å². The molecule has 1 atom stereocenters. The highest BCUT2D eigenvalue weighted by molar-refractivity contribution is 5.74. The van der Waals surface area contributed by atoms with Crippen LogP contribution in [0.5, 0.6) is 0 Å². The fourth-order valence-electron chi connectivity index (χ4n) is 2.13. The van der Waals surface area contributed by atoms with Crippen molar-refractivity contribution in [3.63, 3.8) is 0 Å². The Balaban J connectivity index is 2.73. The van der Waals surface area contributed by atoms with Gasteiger partial charge in [0.1, 0.15) is 0 Å². The molecule has 0 spiro atoms. The van der Waals surface area contributed by atoms with Crippen molar-refractivity contribution in [1.29, 1.82) is 0 Å². The molecule has 1 N–H and O–H groups in total. The third kappa shape index (κ3) is 6.23. The summed E-state index contributed by atoms with van der Waals surface area (Å²) < 4.78 is 0. The normalized spacial score (nSPS) is 13.2. The van der Waals surface area contributed by atoms with Crippen molar-refractivity contribution in [2.45, 2.75) is 13.3 Å². The van der Waals surface area contributed by atoms with Crippen LogP contribution in [0.4, 0.5) is 0 Å². The van der Waals surface area contributed by atoms with Gasteiger partial charge in [0.2, 0.25) is 6.41 Å². The summed E-state index contributed by atoms with van der Waals surface area (Å²) >= 11 is 0. The van der Waals surface area contributed by atoms with Crippen LogP contribution in [0.15, 0.2) is 80.1 Å². The van der Waals surface area contributed by atoms with Crippen molar-refractivity contribution in [1.82, 2.24) is 5.32 Å². The number of carbonyl (C=O) groups is 1. The number of benzene rings is 1. The monoisotopic (exact) mass is 293 g/mol. The van der Waals surface area contributed by atoms with Gasteiger partial charge in [-0.2, -0.15) is 0 Å². The molecule has 0 aromatic heterocycles. The van der Waals surface area contributed by atoms with E-state index < -0.39 is 0 Å². The number of rotatable bonds is 9. The highest BCUT2D eigenvalue weighted by Gasteiger charge is 2.02. The molecule has 0 bridgehead atoms. The number of allylic oxidation sites excluding steroid dienone is 7. The Hall–Kier alpha value is -2.61. The molecule has 1 aromatic carbocycles. The SMILES string of the molecule is C=C/C=C(\C=C)c1cccc(CC(C)/C=C\C=C/NC=O)c1. The molecule has 2 nitrogen and oxygen atoms in total. The molecule has 1 unspecified atom stereocenters. The van der Waals surface area contributed by atoms with E-state index in [1.807, 2.05) is 24.3 Å². The summed E-state index contributed by atoms with van der Waals surface area (Å²) in [6.45, 7) is 9.74. The number of amides is 1. The van der Waals surface area contributed by atoms with Gasteiger partial charge in [-0.3, -0.25) is 4.79 Å². The smallest absolute Gasteiger partial charge is 0.211 e. The van der Waals surface area contributed by atoms with E-state index in [9.17, 15) is 4.79 Å². The molecule has 1 amide bonds. The summed E-state index contributed by atoms with van der Waals surface area (Å²) in [5.41, 5.74) is 3.50. The van der Waals surface area contributed by atoms with E-state index in [2.05, 4.69) is 55.7 Å². The summed E-state index contributed by atoms with van der Waals surface area (Å²) in [5, 5.41) is 2.47. The zero-order valence-electron chi connectivity index (χ0n) is 13.0.